The maximum Gasteiger partial charge on any atom is 0.0999 e. The van der Waals surface area contributed by atoms with Gasteiger partial charge in [0, 0.05) is 90.2 Å². The van der Waals surface area contributed by atoms with E-state index in [4.69, 9.17) is 19.7 Å². The Labute approximate surface area is 530 Å². The van der Waals surface area contributed by atoms with Gasteiger partial charge in [0.25, 0.3) is 0 Å². The summed E-state index contributed by atoms with van der Waals surface area (Å²) < 4.78 is 23.5. The van der Waals surface area contributed by atoms with Crippen molar-refractivity contribution in [2.45, 2.75) is 162 Å². The van der Waals surface area contributed by atoms with Crippen LogP contribution in [0.15, 0.2) is 130 Å². The number of nitrogens with zero attached hydrogens (tertiary/aromatic N) is 21. The van der Waals surface area contributed by atoms with Crippen molar-refractivity contribution in [3.63, 3.8) is 0 Å². The predicted molar refractivity (Wildman–Crippen MR) is 351 cm³/mol. The van der Waals surface area contributed by atoms with E-state index in [1.807, 2.05) is 115 Å². The van der Waals surface area contributed by atoms with Crippen LogP contribution in [-0.4, -0.2) is 141 Å². The van der Waals surface area contributed by atoms with Crippen molar-refractivity contribution in [2.24, 2.45) is 5.92 Å². The molecule has 0 aromatic carbocycles. The summed E-state index contributed by atoms with van der Waals surface area (Å²) in [5.41, 5.74) is 14.2. The van der Waals surface area contributed by atoms with Gasteiger partial charge in [-0.3, -0.25) is 28.1 Å². The molecule has 1 saturated carbocycles. The summed E-state index contributed by atoms with van der Waals surface area (Å²) in [5, 5.41) is 48.0. The van der Waals surface area contributed by atoms with Gasteiger partial charge in [-0.25, -0.2) is 28.5 Å². The standard InChI is InChI=1S/C23H29N7.C22H28N8O.C22H28N8/c1-3-20(4-2)29-15-19(12-26-29)23-22-9-10-24-30(22)16-21(27-23)18-11-25-28(14-18)13-17-7-5-6-8-17;1-3-19(4-2)29-12-17(10-26-29)22-21-5-6-24-30(21)14-20(27-22)16-9-25-28(11-16)13-18-15-31-8-7-23-18;1-3-18(4-2)28-14-17(11-26-28)22-21-7-9-24-30(21)15-20(27-22)16-10-25-29(13-16)19-6-5-8-23-12-19/h9-12,14-17,20H,3-8,13H2,1-2H3;5-6,9-12,14,18-19,23H,3-4,7-8,13,15H2,1-2H3;7,9-11,13-15,18-19,23H,3-6,8,12H2,1-2H3/t;18-;19-/m.01/s1. The van der Waals surface area contributed by atoms with Crippen molar-refractivity contribution >= 4 is 16.6 Å². The molecule has 474 valence electrons. The summed E-state index contributed by atoms with van der Waals surface area (Å²) in [6, 6.07) is 7.88. The second kappa shape index (κ2) is 28.0. The molecule has 2 aliphatic heterocycles. The van der Waals surface area contributed by atoms with Crippen molar-refractivity contribution in [3.05, 3.63) is 130 Å². The summed E-state index contributed by atoms with van der Waals surface area (Å²) in [6.07, 6.45) is 49.3. The lowest BCUT2D eigenvalue weighted by molar-refractivity contribution is 0.0702. The molecule has 3 aliphatic rings. The molecule has 0 bridgehead atoms. The van der Waals surface area contributed by atoms with E-state index in [1.54, 1.807) is 6.20 Å². The highest BCUT2D eigenvalue weighted by molar-refractivity contribution is 5.80. The second-order valence-corrected chi connectivity index (χ2v) is 24.4. The maximum absolute atomic E-state index is 5.55. The van der Waals surface area contributed by atoms with Gasteiger partial charge in [0.05, 0.1) is 175 Å². The molecule has 3 fully saturated rings. The minimum absolute atomic E-state index is 0.273. The average Bonchev–Trinajstić information content (AvgIpc) is 1.86. The van der Waals surface area contributed by atoms with Crippen molar-refractivity contribution in [1.29, 1.82) is 0 Å². The number of fused-ring (bicyclic) bond motifs is 3. The van der Waals surface area contributed by atoms with Crippen LogP contribution in [0.1, 0.15) is 143 Å². The zero-order chi connectivity index (χ0) is 62.2. The van der Waals surface area contributed by atoms with E-state index < -0.39 is 0 Å². The third kappa shape index (κ3) is 13.4. The number of nitrogens with one attached hydrogen (secondary N) is 2. The molecule has 1 aliphatic carbocycles. The molecule has 0 unspecified atom stereocenters. The molecule has 12 aromatic rings. The number of piperidine rings is 1. The largest absolute Gasteiger partial charge is 0.378 e. The number of ether oxygens (including phenoxy) is 1. The summed E-state index contributed by atoms with van der Waals surface area (Å²) >= 11 is 0. The Balaban J connectivity index is 0.000000125. The molecule has 0 spiro atoms. The van der Waals surface area contributed by atoms with Gasteiger partial charge < -0.3 is 15.4 Å². The van der Waals surface area contributed by atoms with Crippen LogP contribution in [0, 0.1) is 5.92 Å². The molecule has 2 N–H and O–H groups in total. The van der Waals surface area contributed by atoms with Crippen LogP contribution in [0.2, 0.25) is 0 Å². The zero-order valence-electron chi connectivity index (χ0n) is 53.3. The number of aromatic nitrogens is 21. The molecule has 12 aromatic heterocycles. The lowest BCUT2D eigenvalue weighted by Gasteiger charge is -2.23. The molecular weight excluding hydrogens is 1140 g/mol. The minimum Gasteiger partial charge on any atom is -0.378 e. The van der Waals surface area contributed by atoms with Gasteiger partial charge in [0.15, 0.2) is 0 Å². The Morgan fingerprint density at radius 1 is 0.451 bits per heavy atom. The van der Waals surface area contributed by atoms with E-state index in [2.05, 4.69) is 148 Å². The van der Waals surface area contributed by atoms with Crippen LogP contribution < -0.4 is 10.6 Å². The first kappa shape index (κ1) is 60.9. The van der Waals surface area contributed by atoms with E-state index in [-0.39, 0.29) is 6.04 Å². The SMILES string of the molecule is CCC(CC)n1cc(-c2nc(-c3cnn(CC4CCCC4)c3)cn3nccc23)cn1.CCC(CC)n1cc(-c2nc(-c3cnn(C[C@H]4COCCN4)c3)cn3nccc23)cn1.CCC(CC)n1cc(-c2nc(-c3cnn([C@@H]4CCCNC4)c3)cn3nccc23)cn1. The molecule has 0 radical (unpaired) electrons. The van der Waals surface area contributed by atoms with Crippen molar-refractivity contribution in [1.82, 2.24) is 113 Å². The highest BCUT2D eigenvalue weighted by Gasteiger charge is 2.23. The fourth-order valence-electron chi connectivity index (χ4n) is 13.1. The predicted octanol–water partition coefficient (Wildman–Crippen LogP) is 11.6. The van der Waals surface area contributed by atoms with E-state index >= 15 is 0 Å². The Hall–Kier alpha value is -9.00. The van der Waals surface area contributed by atoms with Crippen molar-refractivity contribution in [2.75, 3.05) is 32.8 Å². The third-order valence-corrected chi connectivity index (χ3v) is 18.5. The van der Waals surface area contributed by atoms with Crippen LogP contribution in [0.4, 0.5) is 0 Å². The van der Waals surface area contributed by atoms with Gasteiger partial charge in [-0.2, -0.15) is 45.9 Å². The molecule has 24 heteroatoms. The van der Waals surface area contributed by atoms with Gasteiger partial charge in [0.2, 0.25) is 0 Å². The second-order valence-electron chi connectivity index (χ2n) is 24.4. The molecule has 91 heavy (non-hydrogen) atoms. The molecule has 14 heterocycles. The summed E-state index contributed by atoms with van der Waals surface area (Å²) in [4.78, 5) is 15.0. The topological polar surface area (TPSA) is 231 Å². The lowest BCUT2D eigenvalue weighted by Crippen LogP contribution is -2.43. The average molecular weight is 1230 g/mol. The van der Waals surface area contributed by atoms with Gasteiger partial charge in [-0.05, 0) is 94.9 Å². The van der Waals surface area contributed by atoms with Gasteiger partial charge in [-0.1, -0.05) is 54.4 Å². The first-order chi connectivity index (χ1) is 44.8. The summed E-state index contributed by atoms with van der Waals surface area (Å²) in [7, 11) is 0. The highest BCUT2D eigenvalue weighted by Crippen LogP contribution is 2.33. The summed E-state index contributed by atoms with van der Waals surface area (Å²) in [5.74, 6) is 0.755. The highest BCUT2D eigenvalue weighted by atomic mass is 16.5. The van der Waals surface area contributed by atoms with Crippen LogP contribution in [0.3, 0.4) is 0 Å². The van der Waals surface area contributed by atoms with Crippen LogP contribution in [0.25, 0.3) is 84.1 Å². The van der Waals surface area contributed by atoms with Gasteiger partial charge in [-0.15, -0.1) is 0 Å². The molecular formula is C67H85N23O. The lowest BCUT2D eigenvalue weighted by atomic mass is 10.1. The van der Waals surface area contributed by atoms with E-state index in [0.717, 1.165) is 174 Å². The number of rotatable bonds is 20. The van der Waals surface area contributed by atoms with Crippen LogP contribution >= 0.6 is 0 Å². The smallest absolute Gasteiger partial charge is 0.0999 e. The van der Waals surface area contributed by atoms with Crippen molar-refractivity contribution in [3.8, 4) is 67.5 Å². The van der Waals surface area contributed by atoms with Crippen LogP contribution in [0.5, 0.6) is 0 Å². The van der Waals surface area contributed by atoms with E-state index in [1.165, 1.54) is 32.1 Å². The number of hydrogen-bond acceptors (Lipinski definition) is 15. The molecule has 24 nitrogen and oxygen atoms in total. The quantitative estimate of drug-likeness (QED) is 0.0723. The van der Waals surface area contributed by atoms with Crippen molar-refractivity contribution < 1.29 is 4.74 Å². The van der Waals surface area contributed by atoms with Gasteiger partial charge >= 0.3 is 0 Å². The Kier molecular flexibility index (Phi) is 18.8. The minimum atomic E-state index is 0.273. The Morgan fingerprint density at radius 3 is 1.32 bits per heavy atom. The van der Waals surface area contributed by atoms with E-state index in [9.17, 15) is 0 Å². The number of hydrogen-bond donors (Lipinski definition) is 2. The molecule has 0 amide bonds. The monoisotopic (exact) mass is 1230 g/mol. The normalized spacial score (nSPS) is 16.5. The Morgan fingerprint density at radius 2 is 0.890 bits per heavy atom. The fourth-order valence-corrected chi connectivity index (χ4v) is 13.1. The molecule has 15 rings (SSSR count). The third-order valence-electron chi connectivity index (χ3n) is 18.5. The Bertz CT molecular complexity index is 4270. The fraction of sp³-hybridized carbons (Fsp3) is 0.463. The molecule has 2 saturated heterocycles. The van der Waals surface area contributed by atoms with Gasteiger partial charge in [0.1, 0.15) is 0 Å². The maximum atomic E-state index is 5.55. The summed E-state index contributed by atoms with van der Waals surface area (Å²) in [6.45, 7) is 19.4. The number of morpholine rings is 1. The first-order valence-corrected chi connectivity index (χ1v) is 33.0. The van der Waals surface area contributed by atoms with Crippen LogP contribution in [-0.2, 0) is 17.8 Å². The molecule has 2 atom stereocenters. The first-order valence-electron chi connectivity index (χ1n) is 33.0. The van der Waals surface area contributed by atoms with E-state index in [0.29, 0.717) is 30.8 Å². The zero-order valence-corrected chi connectivity index (χ0v) is 53.3.